The summed E-state index contributed by atoms with van der Waals surface area (Å²) in [6.07, 6.45) is 4.99. The largest absolute Gasteiger partial charge is 0.494 e. The molecule has 0 atom stereocenters. The van der Waals surface area contributed by atoms with Crippen molar-refractivity contribution in [2.75, 3.05) is 24.6 Å². The van der Waals surface area contributed by atoms with E-state index in [0.717, 1.165) is 25.4 Å². The van der Waals surface area contributed by atoms with Gasteiger partial charge in [0.25, 0.3) is 0 Å². The lowest BCUT2D eigenvalue weighted by Gasteiger charge is -2.25. The number of benzene rings is 1. The molecule has 0 aromatic heterocycles. The van der Waals surface area contributed by atoms with Crippen molar-refractivity contribution in [2.24, 2.45) is 0 Å². The van der Waals surface area contributed by atoms with Gasteiger partial charge in [-0.15, -0.1) is 0 Å². The van der Waals surface area contributed by atoms with Crippen molar-refractivity contribution in [1.82, 2.24) is 0 Å². The molecule has 0 aliphatic heterocycles. The first kappa shape index (κ1) is 18.8. The van der Waals surface area contributed by atoms with Crippen LogP contribution in [0.15, 0.2) is 24.3 Å². The molecule has 2 heteroatoms. The molecule has 0 spiro atoms. The van der Waals surface area contributed by atoms with E-state index in [1.165, 1.54) is 31.4 Å². The minimum atomic E-state index is 0.730. The lowest BCUT2D eigenvalue weighted by molar-refractivity contribution is 0.340. The summed E-state index contributed by atoms with van der Waals surface area (Å²) in [7, 11) is 0. The van der Waals surface area contributed by atoms with Crippen LogP contribution in [0.25, 0.3) is 0 Å². The topological polar surface area (TPSA) is 12.5 Å². The summed E-state index contributed by atoms with van der Waals surface area (Å²) < 4.78 is 5.58. The van der Waals surface area contributed by atoms with Gasteiger partial charge >= 0.3 is 0 Å². The second kappa shape index (κ2) is 12.8. The SMILES string of the molecule is CC.CCCCN(CCCC)c1cccc(OCC)c1. The van der Waals surface area contributed by atoms with Crippen LogP contribution in [0.1, 0.15) is 60.3 Å². The molecule has 1 rings (SSSR count). The predicted octanol–water partition coefficient (Wildman–Crippen LogP) is 5.52. The molecule has 1 aromatic rings. The smallest absolute Gasteiger partial charge is 0.121 e. The van der Waals surface area contributed by atoms with Gasteiger partial charge < -0.3 is 9.64 Å². The minimum Gasteiger partial charge on any atom is -0.494 e. The van der Waals surface area contributed by atoms with Crippen LogP contribution in [0.5, 0.6) is 5.75 Å². The normalized spacial score (nSPS) is 9.65. The van der Waals surface area contributed by atoms with Crippen LogP contribution in [-0.4, -0.2) is 19.7 Å². The first-order valence-electron chi connectivity index (χ1n) is 8.29. The Balaban J connectivity index is 0.00000172. The third-order valence-electron chi connectivity index (χ3n) is 3.06. The van der Waals surface area contributed by atoms with Crippen LogP contribution in [0.4, 0.5) is 5.69 Å². The van der Waals surface area contributed by atoms with E-state index in [1.807, 2.05) is 26.8 Å². The Kier molecular flexibility index (Phi) is 12.1. The highest BCUT2D eigenvalue weighted by Gasteiger charge is 2.06. The molecule has 0 aliphatic carbocycles. The second-order valence-electron chi connectivity index (χ2n) is 4.62. The maximum atomic E-state index is 5.58. The van der Waals surface area contributed by atoms with Gasteiger partial charge in [-0.25, -0.2) is 0 Å². The summed E-state index contributed by atoms with van der Waals surface area (Å²) in [5, 5.41) is 0. The molecule has 1 aromatic carbocycles. The van der Waals surface area contributed by atoms with Crippen LogP contribution in [-0.2, 0) is 0 Å². The summed E-state index contributed by atoms with van der Waals surface area (Å²) in [5.74, 6) is 0.980. The van der Waals surface area contributed by atoms with Gasteiger partial charge in [0.1, 0.15) is 5.75 Å². The molecular formula is C18H33NO. The minimum absolute atomic E-state index is 0.730. The molecule has 0 fully saturated rings. The molecule has 0 saturated carbocycles. The fourth-order valence-corrected chi connectivity index (χ4v) is 2.00. The van der Waals surface area contributed by atoms with Crippen LogP contribution >= 0.6 is 0 Å². The maximum Gasteiger partial charge on any atom is 0.121 e. The van der Waals surface area contributed by atoms with Crippen molar-refractivity contribution in [3.8, 4) is 5.75 Å². The van der Waals surface area contributed by atoms with Gasteiger partial charge in [0.2, 0.25) is 0 Å². The van der Waals surface area contributed by atoms with Gasteiger partial charge in [0.15, 0.2) is 0 Å². The molecule has 0 saturated heterocycles. The quantitative estimate of drug-likeness (QED) is 0.590. The molecule has 0 unspecified atom stereocenters. The standard InChI is InChI=1S/C16H27NO.C2H6/c1-4-7-12-17(13-8-5-2)15-10-9-11-16(14-15)18-6-3;1-2/h9-11,14H,4-8,12-13H2,1-3H3;1-2H3. The Labute approximate surface area is 126 Å². The zero-order valence-corrected chi connectivity index (χ0v) is 14.1. The van der Waals surface area contributed by atoms with Gasteiger partial charge in [0, 0.05) is 24.8 Å². The Hall–Kier alpha value is -1.18. The van der Waals surface area contributed by atoms with E-state index in [-0.39, 0.29) is 0 Å². The molecule has 20 heavy (non-hydrogen) atoms. The summed E-state index contributed by atoms with van der Waals surface area (Å²) >= 11 is 0. The first-order valence-corrected chi connectivity index (χ1v) is 8.29. The number of unbranched alkanes of at least 4 members (excludes halogenated alkanes) is 2. The zero-order chi connectivity index (χ0) is 15.2. The number of hydrogen-bond donors (Lipinski definition) is 0. The van der Waals surface area contributed by atoms with Crippen molar-refractivity contribution in [1.29, 1.82) is 0 Å². The third-order valence-corrected chi connectivity index (χ3v) is 3.06. The van der Waals surface area contributed by atoms with Crippen molar-refractivity contribution >= 4 is 5.69 Å². The van der Waals surface area contributed by atoms with Gasteiger partial charge in [-0.2, -0.15) is 0 Å². The fraction of sp³-hybridized carbons (Fsp3) is 0.667. The Morgan fingerprint density at radius 2 is 1.55 bits per heavy atom. The first-order chi connectivity index (χ1) is 9.81. The maximum absolute atomic E-state index is 5.58. The highest BCUT2D eigenvalue weighted by molar-refractivity contribution is 5.50. The van der Waals surface area contributed by atoms with Gasteiger partial charge in [-0.1, -0.05) is 46.6 Å². The lowest BCUT2D eigenvalue weighted by atomic mass is 10.2. The average molecular weight is 279 g/mol. The summed E-state index contributed by atoms with van der Waals surface area (Å²) in [6, 6.07) is 8.47. The zero-order valence-electron chi connectivity index (χ0n) is 14.1. The number of anilines is 1. The van der Waals surface area contributed by atoms with Crippen LogP contribution in [0.3, 0.4) is 0 Å². The predicted molar refractivity (Wildman–Crippen MR) is 91.0 cm³/mol. The molecule has 0 aliphatic rings. The number of rotatable bonds is 9. The monoisotopic (exact) mass is 279 g/mol. The van der Waals surface area contributed by atoms with E-state index in [0.29, 0.717) is 0 Å². The van der Waals surface area contributed by atoms with E-state index in [2.05, 4.69) is 36.9 Å². The highest BCUT2D eigenvalue weighted by Crippen LogP contribution is 2.22. The molecule has 0 heterocycles. The molecular weight excluding hydrogens is 246 g/mol. The van der Waals surface area contributed by atoms with Crippen LogP contribution < -0.4 is 9.64 Å². The Morgan fingerprint density at radius 1 is 0.950 bits per heavy atom. The van der Waals surface area contributed by atoms with Crippen LogP contribution in [0, 0.1) is 0 Å². The number of nitrogens with zero attached hydrogens (tertiary/aromatic N) is 1. The highest BCUT2D eigenvalue weighted by atomic mass is 16.5. The van der Waals surface area contributed by atoms with E-state index < -0.39 is 0 Å². The molecule has 116 valence electrons. The molecule has 2 nitrogen and oxygen atoms in total. The summed E-state index contributed by atoms with van der Waals surface area (Å²) in [6.45, 7) is 13.5. The van der Waals surface area contributed by atoms with Gasteiger partial charge in [0.05, 0.1) is 6.61 Å². The Morgan fingerprint density at radius 3 is 2.05 bits per heavy atom. The van der Waals surface area contributed by atoms with Gasteiger partial charge in [-0.05, 0) is 31.9 Å². The van der Waals surface area contributed by atoms with E-state index in [9.17, 15) is 0 Å². The van der Waals surface area contributed by atoms with E-state index in [4.69, 9.17) is 4.74 Å². The second-order valence-corrected chi connectivity index (χ2v) is 4.62. The third kappa shape index (κ3) is 7.42. The van der Waals surface area contributed by atoms with Crippen molar-refractivity contribution in [3.05, 3.63) is 24.3 Å². The van der Waals surface area contributed by atoms with E-state index >= 15 is 0 Å². The molecule has 0 bridgehead atoms. The van der Waals surface area contributed by atoms with E-state index in [1.54, 1.807) is 0 Å². The number of ether oxygens (including phenoxy) is 1. The molecule has 0 radical (unpaired) electrons. The Bertz CT molecular complexity index is 317. The van der Waals surface area contributed by atoms with Gasteiger partial charge in [-0.3, -0.25) is 0 Å². The lowest BCUT2D eigenvalue weighted by Crippen LogP contribution is -2.25. The van der Waals surface area contributed by atoms with Crippen molar-refractivity contribution < 1.29 is 4.74 Å². The van der Waals surface area contributed by atoms with Crippen LogP contribution in [0.2, 0.25) is 0 Å². The summed E-state index contributed by atoms with van der Waals surface area (Å²) in [5.41, 5.74) is 1.29. The van der Waals surface area contributed by atoms with Crippen molar-refractivity contribution in [2.45, 2.75) is 60.3 Å². The fourth-order valence-electron chi connectivity index (χ4n) is 2.00. The molecule has 0 amide bonds. The summed E-state index contributed by atoms with van der Waals surface area (Å²) in [4.78, 5) is 2.48. The molecule has 0 N–H and O–H groups in total. The average Bonchev–Trinajstić information content (AvgIpc) is 2.50. The number of hydrogen-bond acceptors (Lipinski definition) is 2. The van der Waals surface area contributed by atoms with Crippen molar-refractivity contribution in [3.63, 3.8) is 0 Å².